The van der Waals surface area contributed by atoms with Crippen molar-refractivity contribution in [3.8, 4) is 0 Å². The SMILES string of the molecule is CN(CC1CC(O)C1)c1nc(Cl)ncc1N. The number of aliphatic hydroxyl groups is 1. The first-order valence-corrected chi connectivity index (χ1v) is 5.61. The molecule has 1 fully saturated rings. The van der Waals surface area contributed by atoms with Crippen molar-refractivity contribution in [2.24, 2.45) is 5.92 Å². The molecular formula is C10H15ClN4O. The highest BCUT2D eigenvalue weighted by molar-refractivity contribution is 6.28. The molecule has 1 heterocycles. The standard InChI is InChI=1S/C10H15ClN4O/c1-15(5-6-2-7(16)3-6)9-8(12)4-13-10(11)14-9/h4,6-7,16H,2-3,5,12H2,1H3. The number of aliphatic hydroxyl groups excluding tert-OH is 1. The van der Waals surface area contributed by atoms with E-state index in [1.54, 1.807) is 0 Å². The van der Waals surface area contributed by atoms with Crippen molar-refractivity contribution in [2.75, 3.05) is 24.2 Å². The number of aromatic nitrogens is 2. The molecule has 1 aliphatic carbocycles. The van der Waals surface area contributed by atoms with Gasteiger partial charge in [-0.15, -0.1) is 0 Å². The molecule has 0 radical (unpaired) electrons. The minimum atomic E-state index is -0.135. The van der Waals surface area contributed by atoms with Gasteiger partial charge >= 0.3 is 0 Å². The first-order chi connectivity index (χ1) is 7.56. The third-order valence-corrected chi connectivity index (χ3v) is 3.05. The molecule has 16 heavy (non-hydrogen) atoms. The molecular weight excluding hydrogens is 228 g/mol. The van der Waals surface area contributed by atoms with Crippen molar-refractivity contribution in [2.45, 2.75) is 18.9 Å². The van der Waals surface area contributed by atoms with Crippen LogP contribution in [0.1, 0.15) is 12.8 Å². The van der Waals surface area contributed by atoms with Crippen molar-refractivity contribution in [1.29, 1.82) is 0 Å². The van der Waals surface area contributed by atoms with E-state index < -0.39 is 0 Å². The summed E-state index contributed by atoms with van der Waals surface area (Å²) in [6, 6.07) is 0. The fourth-order valence-electron chi connectivity index (χ4n) is 1.99. The van der Waals surface area contributed by atoms with Crippen LogP contribution in [0.4, 0.5) is 11.5 Å². The van der Waals surface area contributed by atoms with E-state index in [4.69, 9.17) is 17.3 Å². The number of nitrogens with two attached hydrogens (primary N) is 1. The average molecular weight is 243 g/mol. The van der Waals surface area contributed by atoms with Crippen molar-refractivity contribution >= 4 is 23.1 Å². The lowest BCUT2D eigenvalue weighted by Gasteiger charge is -2.35. The molecule has 0 bridgehead atoms. The number of nitrogen functional groups attached to an aromatic ring is 1. The predicted octanol–water partition coefficient (Wildman–Crippen LogP) is 0.919. The average Bonchev–Trinajstić information content (AvgIpc) is 2.19. The smallest absolute Gasteiger partial charge is 0.224 e. The monoisotopic (exact) mass is 242 g/mol. The van der Waals surface area contributed by atoms with Gasteiger partial charge in [0.2, 0.25) is 5.28 Å². The second kappa shape index (κ2) is 4.43. The van der Waals surface area contributed by atoms with Gasteiger partial charge in [-0.05, 0) is 30.4 Å². The highest BCUT2D eigenvalue weighted by atomic mass is 35.5. The van der Waals surface area contributed by atoms with E-state index in [1.165, 1.54) is 6.20 Å². The van der Waals surface area contributed by atoms with E-state index in [-0.39, 0.29) is 11.4 Å². The van der Waals surface area contributed by atoms with Crippen LogP contribution in [0.25, 0.3) is 0 Å². The Bertz CT molecular complexity index is 381. The lowest BCUT2D eigenvalue weighted by Crippen LogP contribution is -2.37. The van der Waals surface area contributed by atoms with Gasteiger partial charge in [0.1, 0.15) is 0 Å². The van der Waals surface area contributed by atoms with Gasteiger partial charge in [0.05, 0.1) is 18.0 Å². The maximum Gasteiger partial charge on any atom is 0.224 e. The maximum atomic E-state index is 9.21. The first kappa shape index (κ1) is 11.4. The molecule has 3 N–H and O–H groups in total. The van der Waals surface area contributed by atoms with E-state index in [0.717, 1.165) is 19.4 Å². The van der Waals surface area contributed by atoms with Crippen LogP contribution in [0.2, 0.25) is 5.28 Å². The summed E-state index contributed by atoms with van der Waals surface area (Å²) < 4.78 is 0. The van der Waals surface area contributed by atoms with Crippen molar-refractivity contribution in [3.63, 3.8) is 0 Å². The van der Waals surface area contributed by atoms with E-state index in [1.807, 2.05) is 11.9 Å². The van der Waals surface area contributed by atoms with Gasteiger partial charge in [-0.1, -0.05) is 0 Å². The molecule has 1 aromatic heterocycles. The molecule has 0 aliphatic heterocycles. The summed E-state index contributed by atoms with van der Waals surface area (Å²) in [6.07, 6.45) is 3.08. The molecule has 0 unspecified atom stereocenters. The van der Waals surface area contributed by atoms with Crippen molar-refractivity contribution in [1.82, 2.24) is 9.97 Å². The van der Waals surface area contributed by atoms with Gasteiger partial charge in [0, 0.05) is 13.6 Å². The van der Waals surface area contributed by atoms with Crippen LogP contribution in [-0.4, -0.2) is 34.8 Å². The Balaban J connectivity index is 2.02. The Morgan fingerprint density at radius 3 is 2.94 bits per heavy atom. The van der Waals surface area contributed by atoms with Crippen LogP contribution in [0.15, 0.2) is 6.20 Å². The van der Waals surface area contributed by atoms with Crippen LogP contribution in [-0.2, 0) is 0 Å². The van der Waals surface area contributed by atoms with Gasteiger partial charge in [0.15, 0.2) is 5.82 Å². The quantitative estimate of drug-likeness (QED) is 0.771. The molecule has 5 nitrogen and oxygen atoms in total. The van der Waals surface area contributed by atoms with Gasteiger partial charge in [-0.3, -0.25) is 0 Å². The maximum absolute atomic E-state index is 9.21. The van der Waals surface area contributed by atoms with Gasteiger partial charge in [0.25, 0.3) is 0 Å². The number of rotatable bonds is 3. The molecule has 0 aromatic carbocycles. The second-order valence-electron chi connectivity index (χ2n) is 4.29. The first-order valence-electron chi connectivity index (χ1n) is 5.23. The van der Waals surface area contributed by atoms with Crippen molar-refractivity contribution in [3.05, 3.63) is 11.5 Å². The fraction of sp³-hybridized carbons (Fsp3) is 0.600. The molecule has 0 amide bonds. The van der Waals surface area contributed by atoms with E-state index >= 15 is 0 Å². The van der Waals surface area contributed by atoms with E-state index in [2.05, 4.69) is 9.97 Å². The molecule has 2 rings (SSSR count). The minimum absolute atomic E-state index is 0.135. The Hall–Kier alpha value is -1.07. The Morgan fingerprint density at radius 2 is 2.31 bits per heavy atom. The predicted molar refractivity (Wildman–Crippen MR) is 63.5 cm³/mol. The summed E-state index contributed by atoms with van der Waals surface area (Å²) in [5.74, 6) is 1.16. The van der Waals surface area contributed by atoms with Gasteiger partial charge in [-0.25, -0.2) is 4.98 Å². The zero-order valence-corrected chi connectivity index (χ0v) is 9.85. The summed E-state index contributed by atoms with van der Waals surface area (Å²) in [5, 5.41) is 9.41. The summed E-state index contributed by atoms with van der Waals surface area (Å²) in [4.78, 5) is 9.86. The zero-order valence-electron chi connectivity index (χ0n) is 9.10. The summed E-state index contributed by atoms with van der Waals surface area (Å²) >= 11 is 5.72. The summed E-state index contributed by atoms with van der Waals surface area (Å²) in [6.45, 7) is 0.828. The van der Waals surface area contributed by atoms with Crippen LogP contribution >= 0.6 is 11.6 Å². The normalized spacial score (nSPS) is 23.9. The number of anilines is 2. The molecule has 88 valence electrons. The minimum Gasteiger partial charge on any atom is -0.394 e. The third kappa shape index (κ3) is 2.36. The number of halogens is 1. The molecule has 0 spiro atoms. The highest BCUT2D eigenvalue weighted by Gasteiger charge is 2.28. The van der Waals surface area contributed by atoms with Crippen LogP contribution < -0.4 is 10.6 Å². The molecule has 0 atom stereocenters. The van der Waals surface area contributed by atoms with E-state index in [0.29, 0.717) is 17.4 Å². The third-order valence-electron chi connectivity index (χ3n) is 2.87. The summed E-state index contributed by atoms with van der Waals surface area (Å²) in [5.41, 5.74) is 6.30. The Kier molecular flexibility index (Phi) is 3.16. The van der Waals surface area contributed by atoms with Gasteiger partial charge in [-0.2, -0.15) is 4.98 Å². The van der Waals surface area contributed by atoms with Crippen LogP contribution in [0, 0.1) is 5.92 Å². The zero-order chi connectivity index (χ0) is 11.7. The number of nitrogens with zero attached hydrogens (tertiary/aromatic N) is 3. The molecule has 1 aromatic rings. The lowest BCUT2D eigenvalue weighted by atomic mass is 9.82. The molecule has 6 heteroatoms. The van der Waals surface area contributed by atoms with E-state index in [9.17, 15) is 5.11 Å². The largest absolute Gasteiger partial charge is 0.394 e. The van der Waals surface area contributed by atoms with Crippen LogP contribution in [0.5, 0.6) is 0 Å². The molecule has 1 aliphatic rings. The second-order valence-corrected chi connectivity index (χ2v) is 4.63. The topological polar surface area (TPSA) is 75.3 Å². The summed E-state index contributed by atoms with van der Waals surface area (Å²) in [7, 11) is 1.92. The Labute approximate surface area is 99.3 Å². The highest BCUT2D eigenvalue weighted by Crippen LogP contribution is 2.30. The van der Waals surface area contributed by atoms with Gasteiger partial charge < -0.3 is 15.7 Å². The molecule has 0 saturated heterocycles. The number of hydrogen-bond donors (Lipinski definition) is 2. The lowest BCUT2D eigenvalue weighted by molar-refractivity contribution is 0.0464. The van der Waals surface area contributed by atoms with Crippen molar-refractivity contribution < 1.29 is 5.11 Å². The van der Waals surface area contributed by atoms with Crippen LogP contribution in [0.3, 0.4) is 0 Å². The Morgan fingerprint density at radius 1 is 1.62 bits per heavy atom. The fourth-order valence-corrected chi connectivity index (χ4v) is 2.12. The molecule has 1 saturated carbocycles. The number of hydrogen-bond acceptors (Lipinski definition) is 5.